The van der Waals surface area contributed by atoms with Gasteiger partial charge in [-0.15, -0.1) is 0 Å². The Morgan fingerprint density at radius 3 is 1.81 bits per heavy atom. The summed E-state index contributed by atoms with van der Waals surface area (Å²) in [6.45, 7) is 1.02. The number of ether oxygens (including phenoxy) is 3. The van der Waals surface area contributed by atoms with E-state index in [-0.39, 0.29) is 5.82 Å². The van der Waals surface area contributed by atoms with E-state index < -0.39 is 12.1 Å². The molecule has 0 saturated heterocycles. The van der Waals surface area contributed by atoms with Crippen LogP contribution in [0.4, 0.5) is 4.39 Å². The summed E-state index contributed by atoms with van der Waals surface area (Å²) < 4.78 is 29.4. The smallest absolute Gasteiger partial charge is 0.333 e. The first kappa shape index (κ1) is 22.3. The first-order chi connectivity index (χ1) is 15.0. The summed E-state index contributed by atoms with van der Waals surface area (Å²) in [4.78, 5) is 11.0. The monoisotopic (exact) mass is 424 g/mol. The van der Waals surface area contributed by atoms with Crippen LogP contribution in [0.2, 0.25) is 0 Å². The predicted molar refractivity (Wildman–Crippen MR) is 116 cm³/mol. The highest BCUT2D eigenvalue weighted by atomic mass is 19.1. The van der Waals surface area contributed by atoms with Crippen molar-refractivity contribution in [2.24, 2.45) is 0 Å². The SMILES string of the molecule is COC(Cc1ccc(OCCCOc2ccc(-c3ccc(F)cc3)cc2)cc1)C(=O)O. The van der Waals surface area contributed by atoms with Crippen molar-refractivity contribution in [1.29, 1.82) is 0 Å². The molecule has 0 amide bonds. The van der Waals surface area contributed by atoms with Gasteiger partial charge in [-0.3, -0.25) is 0 Å². The van der Waals surface area contributed by atoms with Gasteiger partial charge in [0.05, 0.1) is 13.2 Å². The van der Waals surface area contributed by atoms with Gasteiger partial charge in [-0.25, -0.2) is 9.18 Å². The first-order valence-electron chi connectivity index (χ1n) is 10.0. The van der Waals surface area contributed by atoms with Crippen LogP contribution in [0, 0.1) is 5.82 Å². The van der Waals surface area contributed by atoms with Crippen molar-refractivity contribution in [3.8, 4) is 22.6 Å². The third-order valence-electron chi connectivity index (χ3n) is 4.76. The quantitative estimate of drug-likeness (QED) is 0.440. The molecule has 31 heavy (non-hydrogen) atoms. The Morgan fingerprint density at radius 2 is 1.32 bits per heavy atom. The van der Waals surface area contributed by atoms with E-state index in [1.54, 1.807) is 12.1 Å². The molecule has 0 bridgehead atoms. The summed E-state index contributed by atoms with van der Waals surface area (Å²) in [5.74, 6) is 0.255. The highest BCUT2D eigenvalue weighted by Gasteiger charge is 2.16. The van der Waals surface area contributed by atoms with Crippen LogP contribution in [-0.2, 0) is 16.0 Å². The Hall–Kier alpha value is -3.38. The molecule has 0 saturated carbocycles. The van der Waals surface area contributed by atoms with Crippen molar-refractivity contribution in [3.05, 3.63) is 84.2 Å². The minimum Gasteiger partial charge on any atom is -0.493 e. The molecule has 1 N–H and O–H groups in total. The first-order valence-corrected chi connectivity index (χ1v) is 10.0. The van der Waals surface area contributed by atoms with Crippen molar-refractivity contribution in [1.82, 2.24) is 0 Å². The molecule has 6 heteroatoms. The Balaban J connectivity index is 1.38. The van der Waals surface area contributed by atoms with Crippen molar-refractivity contribution in [2.75, 3.05) is 20.3 Å². The number of benzene rings is 3. The Bertz CT molecular complexity index is 953. The van der Waals surface area contributed by atoms with Gasteiger partial charge in [0.15, 0.2) is 6.10 Å². The second kappa shape index (κ2) is 11.1. The molecule has 1 atom stereocenters. The Morgan fingerprint density at radius 1 is 0.839 bits per heavy atom. The lowest BCUT2D eigenvalue weighted by Crippen LogP contribution is -2.24. The van der Waals surface area contributed by atoms with Crippen LogP contribution >= 0.6 is 0 Å². The van der Waals surface area contributed by atoms with Crippen molar-refractivity contribution in [2.45, 2.75) is 18.9 Å². The number of carbonyl (C=O) groups is 1. The van der Waals surface area contributed by atoms with Gasteiger partial charge < -0.3 is 19.3 Å². The van der Waals surface area contributed by atoms with Gasteiger partial charge in [0.1, 0.15) is 17.3 Å². The molecule has 3 rings (SSSR count). The lowest BCUT2D eigenvalue weighted by Gasteiger charge is -2.11. The second-order valence-corrected chi connectivity index (χ2v) is 6.99. The van der Waals surface area contributed by atoms with Crippen molar-refractivity contribution in [3.63, 3.8) is 0 Å². The molecule has 0 aliphatic heterocycles. The second-order valence-electron chi connectivity index (χ2n) is 6.99. The lowest BCUT2D eigenvalue weighted by molar-refractivity contribution is -0.148. The number of carboxylic acid groups (broad SMARTS) is 1. The van der Waals surface area contributed by atoms with Crippen molar-refractivity contribution < 1.29 is 28.5 Å². The number of methoxy groups -OCH3 is 1. The van der Waals surface area contributed by atoms with Gasteiger partial charge in [0.25, 0.3) is 0 Å². The van der Waals surface area contributed by atoms with E-state index >= 15 is 0 Å². The molecular weight excluding hydrogens is 399 g/mol. The molecule has 0 radical (unpaired) electrons. The summed E-state index contributed by atoms with van der Waals surface area (Å²) in [6, 6.07) is 21.4. The molecule has 0 heterocycles. The highest BCUT2D eigenvalue weighted by molar-refractivity contribution is 5.72. The maximum absolute atomic E-state index is 13.0. The minimum atomic E-state index is -0.979. The minimum absolute atomic E-state index is 0.250. The van der Waals surface area contributed by atoms with Crippen LogP contribution in [-0.4, -0.2) is 37.5 Å². The van der Waals surface area contributed by atoms with E-state index in [0.29, 0.717) is 26.1 Å². The fraction of sp³-hybridized carbons (Fsp3) is 0.240. The number of hydrogen-bond donors (Lipinski definition) is 1. The average Bonchev–Trinajstić information content (AvgIpc) is 2.79. The van der Waals surface area contributed by atoms with Gasteiger partial charge in [0, 0.05) is 20.0 Å². The Labute approximate surface area is 181 Å². The topological polar surface area (TPSA) is 65.0 Å². The number of aliphatic carboxylic acids is 1. The summed E-state index contributed by atoms with van der Waals surface area (Å²) in [6.07, 6.45) is 0.167. The zero-order chi connectivity index (χ0) is 22.1. The van der Waals surface area contributed by atoms with Gasteiger partial charge in [-0.2, -0.15) is 0 Å². The van der Waals surface area contributed by atoms with Crippen molar-refractivity contribution >= 4 is 5.97 Å². The normalized spacial score (nSPS) is 11.7. The molecule has 0 fully saturated rings. The highest BCUT2D eigenvalue weighted by Crippen LogP contribution is 2.23. The molecule has 1 unspecified atom stereocenters. The van der Waals surface area contributed by atoms with E-state index in [4.69, 9.17) is 19.3 Å². The van der Waals surface area contributed by atoms with Crippen LogP contribution in [0.1, 0.15) is 12.0 Å². The number of halogens is 1. The molecule has 0 aliphatic rings. The molecule has 0 spiro atoms. The summed E-state index contributed by atoms with van der Waals surface area (Å²) in [7, 11) is 1.39. The van der Waals surface area contributed by atoms with E-state index in [9.17, 15) is 9.18 Å². The fourth-order valence-corrected chi connectivity index (χ4v) is 3.03. The molecular formula is C25H25FO5. The summed E-state index contributed by atoms with van der Waals surface area (Å²) in [5.41, 5.74) is 2.82. The zero-order valence-corrected chi connectivity index (χ0v) is 17.3. The third kappa shape index (κ3) is 6.83. The fourth-order valence-electron chi connectivity index (χ4n) is 3.03. The zero-order valence-electron chi connectivity index (χ0n) is 17.3. The van der Waals surface area contributed by atoms with Crippen LogP contribution in [0.15, 0.2) is 72.8 Å². The average molecular weight is 424 g/mol. The standard InChI is InChI=1S/C25H25FO5/c1-29-24(25(27)28)17-18-3-11-22(12-4-18)30-15-2-16-31-23-13-7-20(8-14-23)19-5-9-21(26)10-6-19/h3-14,24H,2,15-17H2,1H3,(H,27,28). The van der Waals surface area contributed by atoms with Crippen LogP contribution in [0.25, 0.3) is 11.1 Å². The molecule has 3 aromatic rings. The number of carboxylic acids is 1. The molecule has 0 aliphatic carbocycles. The lowest BCUT2D eigenvalue weighted by atomic mass is 10.1. The van der Waals surface area contributed by atoms with E-state index in [2.05, 4.69) is 0 Å². The van der Waals surface area contributed by atoms with Gasteiger partial charge in [-0.1, -0.05) is 36.4 Å². The molecule has 0 aromatic heterocycles. The van der Waals surface area contributed by atoms with Gasteiger partial charge in [0.2, 0.25) is 0 Å². The maximum atomic E-state index is 13.0. The number of rotatable bonds is 11. The maximum Gasteiger partial charge on any atom is 0.333 e. The molecule has 3 aromatic carbocycles. The molecule has 162 valence electrons. The van der Waals surface area contributed by atoms with Crippen LogP contribution < -0.4 is 9.47 Å². The Kier molecular flexibility index (Phi) is 8.01. The largest absolute Gasteiger partial charge is 0.493 e. The third-order valence-corrected chi connectivity index (χ3v) is 4.76. The predicted octanol–water partition coefficient (Wildman–Crippen LogP) is 4.98. The van der Waals surface area contributed by atoms with Gasteiger partial charge >= 0.3 is 5.97 Å². The summed E-state index contributed by atoms with van der Waals surface area (Å²) in [5, 5.41) is 9.04. The molecule has 5 nitrogen and oxygen atoms in total. The van der Waals surface area contributed by atoms with Crippen LogP contribution in [0.5, 0.6) is 11.5 Å². The van der Waals surface area contributed by atoms with E-state index in [1.165, 1.54) is 19.2 Å². The van der Waals surface area contributed by atoms with Crippen LogP contribution in [0.3, 0.4) is 0 Å². The summed E-state index contributed by atoms with van der Waals surface area (Å²) >= 11 is 0. The van der Waals surface area contributed by atoms with E-state index in [1.807, 2.05) is 48.5 Å². The van der Waals surface area contributed by atoms with E-state index in [0.717, 1.165) is 28.2 Å². The number of hydrogen-bond acceptors (Lipinski definition) is 4. The van der Waals surface area contributed by atoms with Gasteiger partial charge in [-0.05, 0) is 53.1 Å².